The molecule has 0 radical (unpaired) electrons. The molecule has 1 aromatic rings. The van der Waals surface area contributed by atoms with Crippen LogP contribution >= 0.6 is 11.8 Å². The molecule has 1 rings (SSSR count). The van der Waals surface area contributed by atoms with Crippen molar-refractivity contribution >= 4 is 17.7 Å². The minimum absolute atomic E-state index is 0.126. The summed E-state index contributed by atoms with van der Waals surface area (Å²) in [5.41, 5.74) is 2.64. The number of rotatable bonds is 16. The minimum atomic E-state index is -0.165. The van der Waals surface area contributed by atoms with Crippen LogP contribution in [0, 0.1) is 0 Å². The molecule has 0 bridgehead atoms. The molecule has 0 saturated heterocycles. The Bertz CT molecular complexity index is 708. The number of benzene rings is 1. The van der Waals surface area contributed by atoms with Crippen molar-refractivity contribution in [3.8, 4) is 5.75 Å². The van der Waals surface area contributed by atoms with E-state index < -0.39 is 0 Å². The van der Waals surface area contributed by atoms with Crippen molar-refractivity contribution in [2.24, 2.45) is 0 Å². The third-order valence-corrected chi connectivity index (χ3v) is 8.11. The van der Waals surface area contributed by atoms with E-state index in [2.05, 4.69) is 67.5 Å². The summed E-state index contributed by atoms with van der Waals surface area (Å²) in [6.45, 7) is 17.6. The lowest BCUT2D eigenvalue weighted by atomic mass is 9.78. The van der Waals surface area contributed by atoms with E-state index in [9.17, 15) is 9.90 Å². The van der Waals surface area contributed by atoms with Crippen molar-refractivity contribution in [3.05, 3.63) is 28.8 Å². The van der Waals surface area contributed by atoms with Gasteiger partial charge in [-0.1, -0.05) is 112 Å². The number of unbranched alkanes of at least 4 members (excludes halogenated alkanes) is 7. The standard InChI is InChI=1S/C31H54O3S/c1-9-11-12-13-14-15-16-17-20-35-25(10-2)23-34-28(32)19-18-24-21-26(30(3,4)5)29(33)27(22-24)31(6,7)8/h21-22,25,33H,9-20,23H2,1-8H3. The highest BCUT2D eigenvalue weighted by atomic mass is 32.2. The van der Waals surface area contributed by atoms with Gasteiger partial charge in [0.1, 0.15) is 12.4 Å². The van der Waals surface area contributed by atoms with E-state index in [1.54, 1.807) is 0 Å². The zero-order valence-electron chi connectivity index (χ0n) is 24.1. The van der Waals surface area contributed by atoms with Gasteiger partial charge in [0.25, 0.3) is 0 Å². The molecule has 1 aromatic carbocycles. The molecular weight excluding hydrogens is 452 g/mol. The van der Waals surface area contributed by atoms with Gasteiger partial charge >= 0.3 is 5.97 Å². The van der Waals surface area contributed by atoms with Crippen LogP contribution in [0.5, 0.6) is 5.75 Å². The number of aromatic hydroxyl groups is 1. The molecule has 0 aliphatic carbocycles. The lowest BCUT2D eigenvalue weighted by Gasteiger charge is -2.28. The molecule has 0 aliphatic heterocycles. The van der Waals surface area contributed by atoms with Crippen molar-refractivity contribution in [1.82, 2.24) is 0 Å². The van der Waals surface area contributed by atoms with Crippen LogP contribution in [0.2, 0.25) is 0 Å². The van der Waals surface area contributed by atoms with Crippen molar-refractivity contribution in [1.29, 1.82) is 0 Å². The largest absolute Gasteiger partial charge is 0.507 e. The van der Waals surface area contributed by atoms with Crippen LogP contribution in [0.3, 0.4) is 0 Å². The maximum atomic E-state index is 12.5. The van der Waals surface area contributed by atoms with Gasteiger partial charge in [0, 0.05) is 11.7 Å². The predicted molar refractivity (Wildman–Crippen MR) is 154 cm³/mol. The van der Waals surface area contributed by atoms with Gasteiger partial charge in [-0.15, -0.1) is 0 Å². The molecule has 0 saturated carbocycles. The van der Waals surface area contributed by atoms with Crippen LogP contribution in [0.1, 0.15) is 136 Å². The summed E-state index contributed by atoms with van der Waals surface area (Å²) in [5.74, 6) is 1.42. The Hall–Kier alpha value is -1.16. The average Bonchev–Trinajstić information content (AvgIpc) is 2.77. The molecule has 0 spiro atoms. The first-order valence-corrected chi connectivity index (χ1v) is 15.1. The SMILES string of the molecule is CCCCCCCCCCSC(CC)COC(=O)CCc1cc(C(C)(C)C)c(O)c(C(C)(C)C)c1. The van der Waals surface area contributed by atoms with E-state index in [1.165, 1.54) is 51.4 Å². The Morgan fingerprint density at radius 1 is 0.886 bits per heavy atom. The number of carbonyl (C=O) groups excluding carboxylic acids is 1. The first-order valence-electron chi connectivity index (χ1n) is 14.0. The van der Waals surface area contributed by atoms with Crippen LogP contribution in [-0.4, -0.2) is 28.7 Å². The normalized spacial score (nSPS) is 13.1. The summed E-state index contributed by atoms with van der Waals surface area (Å²) >= 11 is 1.96. The summed E-state index contributed by atoms with van der Waals surface area (Å²) in [6.07, 6.45) is 12.8. The maximum Gasteiger partial charge on any atom is 0.306 e. The summed E-state index contributed by atoms with van der Waals surface area (Å²) in [7, 11) is 0. The Morgan fingerprint density at radius 2 is 1.40 bits per heavy atom. The third kappa shape index (κ3) is 12.6. The van der Waals surface area contributed by atoms with E-state index in [1.807, 2.05) is 11.8 Å². The number of hydrogen-bond acceptors (Lipinski definition) is 4. The number of hydrogen-bond donors (Lipinski definition) is 1. The quantitative estimate of drug-likeness (QED) is 0.179. The van der Waals surface area contributed by atoms with Gasteiger partial charge in [0.15, 0.2) is 0 Å². The number of carbonyl (C=O) groups is 1. The summed E-state index contributed by atoms with van der Waals surface area (Å²) < 4.78 is 5.66. The lowest BCUT2D eigenvalue weighted by Crippen LogP contribution is -2.19. The maximum absolute atomic E-state index is 12.5. The molecule has 0 fully saturated rings. The van der Waals surface area contributed by atoms with Crippen LogP contribution in [-0.2, 0) is 26.8 Å². The molecule has 1 atom stereocenters. The molecule has 0 aromatic heterocycles. The van der Waals surface area contributed by atoms with Gasteiger partial charge in [0.05, 0.1) is 0 Å². The first-order chi connectivity index (χ1) is 16.4. The Balaban J connectivity index is 2.48. The summed E-state index contributed by atoms with van der Waals surface area (Å²) in [6, 6.07) is 4.12. The molecule has 0 aliphatic rings. The number of ether oxygens (including phenoxy) is 1. The zero-order valence-corrected chi connectivity index (χ0v) is 24.9. The molecular formula is C31H54O3S. The number of aryl methyl sites for hydroxylation is 1. The molecule has 202 valence electrons. The second-order valence-electron chi connectivity index (χ2n) is 12.1. The highest BCUT2D eigenvalue weighted by molar-refractivity contribution is 7.99. The molecule has 35 heavy (non-hydrogen) atoms. The number of thioether (sulfide) groups is 1. The lowest BCUT2D eigenvalue weighted by molar-refractivity contribution is -0.143. The zero-order chi connectivity index (χ0) is 26.5. The van der Waals surface area contributed by atoms with E-state index in [4.69, 9.17) is 4.74 Å². The fourth-order valence-electron chi connectivity index (χ4n) is 4.26. The third-order valence-electron chi connectivity index (χ3n) is 6.64. The smallest absolute Gasteiger partial charge is 0.306 e. The van der Waals surface area contributed by atoms with E-state index >= 15 is 0 Å². The summed E-state index contributed by atoms with van der Waals surface area (Å²) in [5, 5.41) is 11.3. The van der Waals surface area contributed by atoms with Crippen LogP contribution in [0.4, 0.5) is 0 Å². The number of phenols is 1. The topological polar surface area (TPSA) is 46.5 Å². The van der Waals surface area contributed by atoms with Crippen LogP contribution in [0.25, 0.3) is 0 Å². The van der Waals surface area contributed by atoms with E-state index in [0.29, 0.717) is 30.4 Å². The molecule has 1 unspecified atom stereocenters. The highest BCUT2D eigenvalue weighted by Crippen LogP contribution is 2.40. The predicted octanol–water partition coefficient (Wildman–Crippen LogP) is 9.12. The van der Waals surface area contributed by atoms with E-state index in [-0.39, 0.29) is 16.8 Å². The highest BCUT2D eigenvalue weighted by Gasteiger charge is 2.26. The Morgan fingerprint density at radius 3 is 1.89 bits per heavy atom. The van der Waals surface area contributed by atoms with Gasteiger partial charge in [-0.05, 0) is 52.5 Å². The first kappa shape index (κ1) is 31.9. The summed E-state index contributed by atoms with van der Waals surface area (Å²) in [4.78, 5) is 12.5. The number of esters is 1. The van der Waals surface area contributed by atoms with Gasteiger partial charge in [-0.2, -0.15) is 11.8 Å². The van der Waals surface area contributed by atoms with Gasteiger partial charge in [-0.3, -0.25) is 4.79 Å². The molecule has 0 amide bonds. The Labute approximate surface area is 221 Å². The second kappa shape index (κ2) is 15.8. The average molecular weight is 507 g/mol. The van der Waals surface area contributed by atoms with Gasteiger partial charge in [0.2, 0.25) is 0 Å². The van der Waals surface area contributed by atoms with Crippen molar-refractivity contribution in [2.75, 3.05) is 12.4 Å². The monoisotopic (exact) mass is 506 g/mol. The molecule has 1 N–H and O–H groups in total. The second-order valence-corrected chi connectivity index (χ2v) is 13.5. The fraction of sp³-hybridized carbons (Fsp3) is 0.774. The van der Waals surface area contributed by atoms with E-state index in [0.717, 1.165) is 28.9 Å². The van der Waals surface area contributed by atoms with Crippen molar-refractivity contribution < 1.29 is 14.6 Å². The van der Waals surface area contributed by atoms with Crippen molar-refractivity contribution in [2.45, 2.75) is 142 Å². The molecule has 4 heteroatoms. The van der Waals surface area contributed by atoms with Gasteiger partial charge in [-0.25, -0.2) is 0 Å². The minimum Gasteiger partial charge on any atom is -0.507 e. The van der Waals surface area contributed by atoms with Crippen LogP contribution in [0.15, 0.2) is 12.1 Å². The van der Waals surface area contributed by atoms with Gasteiger partial charge < -0.3 is 9.84 Å². The molecule has 0 heterocycles. The van der Waals surface area contributed by atoms with Crippen LogP contribution < -0.4 is 0 Å². The molecule has 3 nitrogen and oxygen atoms in total. The fourth-order valence-corrected chi connectivity index (χ4v) is 5.36. The van der Waals surface area contributed by atoms with Crippen molar-refractivity contribution in [3.63, 3.8) is 0 Å². The Kier molecular flexibility index (Phi) is 14.4. The number of phenolic OH excluding ortho intramolecular Hbond substituents is 1.